The number of aromatic nitrogens is 1. The molecule has 0 radical (unpaired) electrons. The van der Waals surface area contributed by atoms with Crippen LogP contribution in [0.3, 0.4) is 0 Å². The standard InChI is InChI=1S/C18H18BNO5/c1-24-18(22)16-4-2-3-13-10-14(19(23)25-17(13)16)11-15(21)9-12-5-7-20-8-6-12/h2-8,14,23H,9-11H2,1H3/t14-/m1/s1. The Labute approximate surface area is 145 Å². The SMILES string of the molecule is COC(=O)c1cccc2c1OB(O)[C@@H](CC(=O)Cc1ccncc1)C2. The summed E-state index contributed by atoms with van der Waals surface area (Å²) in [5, 5.41) is 10.3. The summed E-state index contributed by atoms with van der Waals surface area (Å²) in [5.74, 6) is -0.517. The molecule has 25 heavy (non-hydrogen) atoms. The van der Waals surface area contributed by atoms with Gasteiger partial charge < -0.3 is 14.4 Å². The zero-order chi connectivity index (χ0) is 17.8. The first-order chi connectivity index (χ1) is 12.1. The topological polar surface area (TPSA) is 85.7 Å². The van der Waals surface area contributed by atoms with Crippen molar-refractivity contribution >= 4 is 18.9 Å². The second-order valence-electron chi connectivity index (χ2n) is 6.03. The third-order valence-electron chi connectivity index (χ3n) is 4.27. The molecule has 0 fully saturated rings. The minimum atomic E-state index is -1.14. The van der Waals surface area contributed by atoms with Crippen LogP contribution in [-0.2, 0) is 22.4 Å². The van der Waals surface area contributed by atoms with Gasteiger partial charge in [-0.15, -0.1) is 0 Å². The van der Waals surface area contributed by atoms with Crippen LogP contribution in [0.15, 0.2) is 42.7 Å². The van der Waals surface area contributed by atoms with E-state index in [2.05, 4.69) is 4.98 Å². The molecule has 0 saturated heterocycles. The van der Waals surface area contributed by atoms with Gasteiger partial charge in [-0.3, -0.25) is 9.78 Å². The normalized spacial score (nSPS) is 15.9. The molecule has 1 aromatic heterocycles. The first-order valence-corrected chi connectivity index (χ1v) is 8.04. The van der Waals surface area contributed by atoms with Crippen molar-refractivity contribution in [3.05, 3.63) is 59.4 Å². The van der Waals surface area contributed by atoms with Gasteiger partial charge in [0.15, 0.2) is 0 Å². The van der Waals surface area contributed by atoms with E-state index < -0.39 is 13.1 Å². The quantitative estimate of drug-likeness (QED) is 0.661. The van der Waals surface area contributed by atoms with Crippen LogP contribution >= 0.6 is 0 Å². The van der Waals surface area contributed by atoms with Crippen LogP contribution in [0.1, 0.15) is 27.9 Å². The van der Waals surface area contributed by atoms with E-state index in [1.54, 1.807) is 36.7 Å². The molecule has 1 aliphatic rings. The number of pyridine rings is 1. The Morgan fingerprint density at radius 2 is 2.08 bits per heavy atom. The van der Waals surface area contributed by atoms with E-state index >= 15 is 0 Å². The summed E-state index contributed by atoms with van der Waals surface area (Å²) in [7, 11) is 0.154. The van der Waals surface area contributed by atoms with Crippen molar-refractivity contribution in [3.8, 4) is 5.75 Å². The number of fused-ring (bicyclic) bond motifs is 1. The highest BCUT2D eigenvalue weighted by molar-refractivity contribution is 6.47. The number of nitrogens with zero attached hydrogens (tertiary/aromatic N) is 1. The van der Waals surface area contributed by atoms with E-state index in [0.29, 0.717) is 18.6 Å². The zero-order valence-electron chi connectivity index (χ0n) is 13.8. The Morgan fingerprint density at radius 3 is 2.80 bits per heavy atom. The fourth-order valence-corrected chi connectivity index (χ4v) is 3.02. The predicted octanol–water partition coefficient (Wildman–Crippen LogP) is 1.86. The number of carbonyl (C=O) groups excluding carboxylic acids is 2. The third kappa shape index (κ3) is 3.88. The molecule has 0 unspecified atom stereocenters. The number of hydrogen-bond donors (Lipinski definition) is 1. The molecule has 6 nitrogen and oxygen atoms in total. The first kappa shape index (κ1) is 17.2. The third-order valence-corrected chi connectivity index (χ3v) is 4.27. The van der Waals surface area contributed by atoms with Crippen molar-refractivity contribution in [2.75, 3.05) is 7.11 Å². The Bertz CT molecular complexity index is 780. The van der Waals surface area contributed by atoms with Gasteiger partial charge in [-0.25, -0.2) is 4.79 Å². The summed E-state index contributed by atoms with van der Waals surface area (Å²) in [5.41, 5.74) is 1.95. The molecule has 0 saturated carbocycles. The van der Waals surface area contributed by atoms with Crippen LogP contribution in [0.2, 0.25) is 5.82 Å². The molecule has 0 bridgehead atoms. The van der Waals surface area contributed by atoms with E-state index in [4.69, 9.17) is 9.39 Å². The molecule has 3 rings (SSSR count). The molecule has 1 aromatic carbocycles. The number of Topliss-reactive ketones (excluding diaryl/α,β-unsaturated/α-hetero) is 1. The number of rotatable bonds is 5. The van der Waals surface area contributed by atoms with Crippen LogP contribution in [0, 0.1) is 0 Å². The number of ketones is 1. The van der Waals surface area contributed by atoms with Gasteiger partial charge in [0.25, 0.3) is 0 Å². The average Bonchev–Trinajstić information content (AvgIpc) is 2.62. The van der Waals surface area contributed by atoms with E-state index in [1.165, 1.54) is 7.11 Å². The number of ether oxygens (including phenoxy) is 1. The van der Waals surface area contributed by atoms with Crippen LogP contribution in [-0.4, -0.2) is 36.0 Å². The van der Waals surface area contributed by atoms with Gasteiger partial charge in [0.1, 0.15) is 17.1 Å². The van der Waals surface area contributed by atoms with Crippen molar-refractivity contribution in [1.29, 1.82) is 0 Å². The van der Waals surface area contributed by atoms with Gasteiger partial charge in [-0.1, -0.05) is 12.1 Å². The lowest BCUT2D eigenvalue weighted by atomic mass is 9.64. The molecule has 7 heteroatoms. The second-order valence-corrected chi connectivity index (χ2v) is 6.03. The van der Waals surface area contributed by atoms with Gasteiger partial charge >= 0.3 is 13.1 Å². The number of hydrogen-bond acceptors (Lipinski definition) is 6. The van der Waals surface area contributed by atoms with Crippen LogP contribution in [0.5, 0.6) is 5.75 Å². The second kappa shape index (κ2) is 7.48. The summed E-state index contributed by atoms with van der Waals surface area (Å²) in [4.78, 5) is 28.0. The van der Waals surface area contributed by atoms with Crippen LogP contribution in [0.25, 0.3) is 0 Å². The minimum Gasteiger partial charge on any atom is -0.535 e. The highest BCUT2D eigenvalue weighted by atomic mass is 16.5. The van der Waals surface area contributed by atoms with E-state index in [1.807, 2.05) is 6.07 Å². The van der Waals surface area contributed by atoms with E-state index in [-0.39, 0.29) is 23.6 Å². The molecule has 128 valence electrons. The van der Waals surface area contributed by atoms with Gasteiger partial charge in [-0.2, -0.15) is 0 Å². The maximum absolute atomic E-state index is 12.3. The Morgan fingerprint density at radius 1 is 1.32 bits per heavy atom. The molecular weight excluding hydrogens is 321 g/mol. The van der Waals surface area contributed by atoms with Gasteiger partial charge in [0.2, 0.25) is 0 Å². The fourth-order valence-electron chi connectivity index (χ4n) is 3.02. The number of carbonyl (C=O) groups is 2. The lowest BCUT2D eigenvalue weighted by molar-refractivity contribution is -0.118. The van der Waals surface area contributed by atoms with Crippen molar-refractivity contribution in [1.82, 2.24) is 4.98 Å². The molecule has 2 aromatic rings. The molecule has 0 spiro atoms. The summed E-state index contributed by atoms with van der Waals surface area (Å²) in [6.07, 6.45) is 4.24. The molecule has 1 N–H and O–H groups in total. The maximum atomic E-state index is 12.3. The average molecular weight is 339 g/mol. The predicted molar refractivity (Wildman–Crippen MR) is 91.4 cm³/mol. The highest BCUT2D eigenvalue weighted by Crippen LogP contribution is 2.36. The van der Waals surface area contributed by atoms with Gasteiger partial charge in [0, 0.05) is 31.1 Å². The lowest BCUT2D eigenvalue weighted by Gasteiger charge is -2.28. The summed E-state index contributed by atoms with van der Waals surface area (Å²) >= 11 is 0. The van der Waals surface area contributed by atoms with E-state index in [0.717, 1.165) is 11.1 Å². The Balaban J connectivity index is 1.72. The lowest BCUT2D eigenvalue weighted by Crippen LogP contribution is -2.36. The zero-order valence-corrected chi connectivity index (χ0v) is 13.8. The Kier molecular flexibility index (Phi) is 5.14. The van der Waals surface area contributed by atoms with Crippen molar-refractivity contribution in [2.45, 2.75) is 25.1 Å². The van der Waals surface area contributed by atoms with E-state index in [9.17, 15) is 14.6 Å². The Hall–Kier alpha value is -2.67. The molecule has 1 aliphatic heterocycles. The number of para-hydroxylation sites is 1. The molecule has 0 amide bonds. The van der Waals surface area contributed by atoms with Crippen molar-refractivity contribution < 1.29 is 24.0 Å². The summed E-state index contributed by atoms with van der Waals surface area (Å²) < 4.78 is 10.3. The first-order valence-electron chi connectivity index (χ1n) is 8.04. The van der Waals surface area contributed by atoms with Crippen LogP contribution in [0.4, 0.5) is 0 Å². The van der Waals surface area contributed by atoms with Crippen molar-refractivity contribution in [3.63, 3.8) is 0 Å². The largest absolute Gasteiger partial charge is 0.535 e. The number of benzene rings is 1. The van der Waals surface area contributed by atoms with Crippen LogP contribution < -0.4 is 4.65 Å². The smallest absolute Gasteiger partial charge is 0.526 e. The van der Waals surface area contributed by atoms with Gasteiger partial charge in [0.05, 0.1) is 7.11 Å². The fraction of sp³-hybridized carbons (Fsp3) is 0.278. The maximum Gasteiger partial charge on any atom is 0.526 e. The molecule has 0 aliphatic carbocycles. The monoisotopic (exact) mass is 339 g/mol. The summed E-state index contributed by atoms with van der Waals surface area (Å²) in [6.45, 7) is 0. The summed E-state index contributed by atoms with van der Waals surface area (Å²) in [6, 6.07) is 8.75. The molecule has 2 heterocycles. The van der Waals surface area contributed by atoms with Gasteiger partial charge in [-0.05, 0) is 35.7 Å². The van der Waals surface area contributed by atoms with Crippen molar-refractivity contribution in [2.24, 2.45) is 0 Å². The highest BCUT2D eigenvalue weighted by Gasteiger charge is 2.37. The molecular formula is C18H18BNO5. The number of esters is 1. The number of methoxy groups -OCH3 is 1. The minimum absolute atomic E-state index is 0.0198. The molecule has 1 atom stereocenters.